The minimum atomic E-state index is -3.73. The maximum Gasteiger partial charge on any atom is 0.246 e. The SMILES string of the molecule is CCOc1ccc(NC(=O)[C@H]2CC(=O)N(Cc3ccco3)C2)cc1S(=O)(=O)N1CCCC1. The summed E-state index contributed by atoms with van der Waals surface area (Å²) in [5.41, 5.74) is 0.355. The van der Waals surface area contributed by atoms with Crippen LogP contribution in [0.1, 0.15) is 31.9 Å². The number of furan rings is 1. The van der Waals surface area contributed by atoms with Crippen molar-refractivity contribution in [2.75, 3.05) is 31.6 Å². The predicted octanol–water partition coefficient (Wildman–Crippen LogP) is 2.45. The maximum absolute atomic E-state index is 13.1. The highest BCUT2D eigenvalue weighted by Gasteiger charge is 2.35. The third kappa shape index (κ3) is 4.66. The first-order valence-electron chi connectivity index (χ1n) is 10.8. The lowest BCUT2D eigenvalue weighted by Crippen LogP contribution is -2.29. The molecule has 172 valence electrons. The largest absolute Gasteiger partial charge is 0.492 e. The molecule has 0 aliphatic carbocycles. The van der Waals surface area contributed by atoms with Gasteiger partial charge in [-0.3, -0.25) is 9.59 Å². The number of hydrogen-bond acceptors (Lipinski definition) is 6. The summed E-state index contributed by atoms with van der Waals surface area (Å²) in [6, 6.07) is 8.14. The molecule has 2 amide bonds. The van der Waals surface area contributed by atoms with Crippen LogP contribution in [0, 0.1) is 5.92 Å². The molecule has 10 heteroatoms. The van der Waals surface area contributed by atoms with Crippen molar-refractivity contribution in [2.45, 2.75) is 37.6 Å². The van der Waals surface area contributed by atoms with Gasteiger partial charge in [-0.1, -0.05) is 0 Å². The van der Waals surface area contributed by atoms with E-state index < -0.39 is 15.9 Å². The van der Waals surface area contributed by atoms with Gasteiger partial charge in [-0.2, -0.15) is 4.31 Å². The van der Waals surface area contributed by atoms with Gasteiger partial charge in [0, 0.05) is 31.7 Å². The third-order valence-corrected chi connectivity index (χ3v) is 7.63. The number of anilines is 1. The van der Waals surface area contributed by atoms with Gasteiger partial charge in [0.1, 0.15) is 16.4 Å². The molecular formula is C22H27N3O6S. The Morgan fingerprint density at radius 1 is 1.25 bits per heavy atom. The second-order valence-corrected chi connectivity index (χ2v) is 9.86. The van der Waals surface area contributed by atoms with Crippen molar-refractivity contribution in [3.8, 4) is 5.75 Å². The fourth-order valence-electron chi connectivity index (χ4n) is 4.07. The zero-order valence-corrected chi connectivity index (χ0v) is 18.8. The third-order valence-electron chi connectivity index (χ3n) is 5.71. The number of carbonyl (C=O) groups is 2. The minimum Gasteiger partial charge on any atom is -0.492 e. The van der Waals surface area contributed by atoms with E-state index in [9.17, 15) is 18.0 Å². The van der Waals surface area contributed by atoms with Crippen molar-refractivity contribution in [1.82, 2.24) is 9.21 Å². The van der Waals surface area contributed by atoms with Crippen LogP contribution in [-0.2, 0) is 26.2 Å². The number of hydrogen-bond donors (Lipinski definition) is 1. The molecule has 32 heavy (non-hydrogen) atoms. The number of benzene rings is 1. The minimum absolute atomic E-state index is 0.0426. The van der Waals surface area contributed by atoms with Gasteiger partial charge in [-0.25, -0.2) is 8.42 Å². The molecule has 2 saturated heterocycles. The molecule has 2 aliphatic rings. The molecule has 2 aromatic rings. The van der Waals surface area contributed by atoms with Gasteiger partial charge >= 0.3 is 0 Å². The Labute approximate surface area is 187 Å². The van der Waals surface area contributed by atoms with Crippen molar-refractivity contribution in [1.29, 1.82) is 0 Å². The lowest BCUT2D eigenvalue weighted by molar-refractivity contribution is -0.128. The van der Waals surface area contributed by atoms with E-state index in [1.165, 1.54) is 10.4 Å². The molecule has 2 aliphatic heterocycles. The topological polar surface area (TPSA) is 109 Å². The van der Waals surface area contributed by atoms with Gasteiger partial charge in [-0.15, -0.1) is 0 Å². The molecule has 1 atom stereocenters. The van der Waals surface area contributed by atoms with E-state index in [-0.39, 0.29) is 35.4 Å². The van der Waals surface area contributed by atoms with Gasteiger partial charge in [0.25, 0.3) is 0 Å². The predicted molar refractivity (Wildman–Crippen MR) is 116 cm³/mol. The second-order valence-electron chi connectivity index (χ2n) is 7.95. The Morgan fingerprint density at radius 2 is 2.03 bits per heavy atom. The van der Waals surface area contributed by atoms with E-state index in [1.807, 2.05) is 0 Å². The van der Waals surface area contributed by atoms with Gasteiger partial charge in [0.15, 0.2) is 0 Å². The summed E-state index contributed by atoms with van der Waals surface area (Å²) in [5, 5.41) is 2.78. The number of carbonyl (C=O) groups excluding carboxylic acids is 2. The van der Waals surface area contributed by atoms with Crippen LogP contribution in [0.15, 0.2) is 45.9 Å². The van der Waals surface area contributed by atoms with Gasteiger partial charge in [0.05, 0.1) is 25.3 Å². The van der Waals surface area contributed by atoms with Gasteiger partial charge < -0.3 is 19.4 Å². The summed E-state index contributed by atoms with van der Waals surface area (Å²) in [5.74, 6) is -0.0528. The van der Waals surface area contributed by atoms with Crippen LogP contribution in [-0.4, -0.2) is 55.7 Å². The van der Waals surface area contributed by atoms with Crippen LogP contribution in [0.3, 0.4) is 0 Å². The van der Waals surface area contributed by atoms with Crippen LogP contribution >= 0.6 is 0 Å². The van der Waals surface area contributed by atoms with Crippen molar-refractivity contribution >= 4 is 27.5 Å². The van der Waals surface area contributed by atoms with Crippen LogP contribution in [0.5, 0.6) is 5.75 Å². The lowest BCUT2D eigenvalue weighted by Gasteiger charge is -2.19. The van der Waals surface area contributed by atoms with Gasteiger partial charge in [0.2, 0.25) is 21.8 Å². The van der Waals surface area contributed by atoms with Crippen molar-refractivity contribution in [3.63, 3.8) is 0 Å². The molecule has 1 aromatic heterocycles. The average Bonchev–Trinajstić information content (AvgIpc) is 3.53. The number of amides is 2. The number of ether oxygens (including phenoxy) is 1. The zero-order valence-electron chi connectivity index (χ0n) is 18.0. The smallest absolute Gasteiger partial charge is 0.246 e. The quantitative estimate of drug-likeness (QED) is 0.647. The van der Waals surface area contributed by atoms with Crippen molar-refractivity contribution in [3.05, 3.63) is 42.4 Å². The van der Waals surface area contributed by atoms with Crippen molar-refractivity contribution < 1.29 is 27.2 Å². The average molecular weight is 462 g/mol. The molecule has 9 nitrogen and oxygen atoms in total. The summed E-state index contributed by atoms with van der Waals surface area (Å²) in [4.78, 5) is 26.8. The first-order valence-corrected chi connectivity index (χ1v) is 12.2. The highest BCUT2D eigenvalue weighted by Crippen LogP contribution is 2.32. The summed E-state index contributed by atoms with van der Waals surface area (Å²) in [7, 11) is -3.73. The standard InChI is InChI=1S/C22H27N3O6S/c1-2-30-19-8-7-17(13-20(19)32(28,29)25-9-3-4-10-25)23-22(27)16-12-21(26)24(14-16)15-18-6-5-11-31-18/h5-8,11,13,16H,2-4,9-10,12,14-15H2,1H3,(H,23,27)/t16-/m0/s1. The van der Waals surface area contributed by atoms with E-state index in [0.29, 0.717) is 37.7 Å². The maximum atomic E-state index is 13.1. The Bertz CT molecular complexity index is 1080. The Balaban J connectivity index is 1.49. The fraction of sp³-hybridized carbons (Fsp3) is 0.455. The molecule has 0 radical (unpaired) electrons. The molecular weight excluding hydrogens is 434 g/mol. The van der Waals surface area contributed by atoms with E-state index >= 15 is 0 Å². The normalized spacial score (nSPS) is 19.5. The van der Waals surface area contributed by atoms with E-state index in [1.54, 1.807) is 42.4 Å². The second kappa shape index (κ2) is 9.33. The highest BCUT2D eigenvalue weighted by molar-refractivity contribution is 7.89. The van der Waals surface area contributed by atoms with E-state index in [4.69, 9.17) is 9.15 Å². The molecule has 0 unspecified atom stereocenters. The van der Waals surface area contributed by atoms with Crippen LogP contribution in [0.25, 0.3) is 0 Å². The molecule has 0 bridgehead atoms. The molecule has 4 rings (SSSR count). The number of rotatable bonds is 8. The molecule has 0 saturated carbocycles. The lowest BCUT2D eigenvalue weighted by atomic mass is 10.1. The Hall–Kier alpha value is -2.85. The number of likely N-dealkylation sites (tertiary alicyclic amines) is 1. The zero-order chi connectivity index (χ0) is 22.7. The number of sulfonamides is 1. The van der Waals surface area contributed by atoms with Crippen molar-refractivity contribution in [2.24, 2.45) is 5.92 Å². The van der Waals surface area contributed by atoms with Crippen LogP contribution < -0.4 is 10.1 Å². The Kier molecular flexibility index (Phi) is 6.52. The van der Waals surface area contributed by atoms with E-state index in [2.05, 4.69) is 5.32 Å². The molecule has 1 aromatic carbocycles. The molecule has 0 spiro atoms. The summed E-state index contributed by atoms with van der Waals surface area (Å²) >= 11 is 0. The highest BCUT2D eigenvalue weighted by atomic mass is 32.2. The molecule has 1 N–H and O–H groups in total. The van der Waals surface area contributed by atoms with Crippen LogP contribution in [0.2, 0.25) is 0 Å². The fourth-order valence-corrected chi connectivity index (χ4v) is 5.74. The first kappa shape index (κ1) is 22.3. The summed E-state index contributed by atoms with van der Waals surface area (Å²) in [6.07, 6.45) is 3.29. The summed E-state index contributed by atoms with van der Waals surface area (Å²) in [6.45, 7) is 3.65. The number of nitrogens with one attached hydrogen (secondary N) is 1. The number of nitrogens with zero attached hydrogens (tertiary/aromatic N) is 2. The summed E-state index contributed by atoms with van der Waals surface area (Å²) < 4.78 is 38.5. The monoisotopic (exact) mass is 461 g/mol. The Morgan fingerprint density at radius 3 is 2.72 bits per heavy atom. The van der Waals surface area contributed by atoms with Crippen LogP contribution in [0.4, 0.5) is 5.69 Å². The van der Waals surface area contributed by atoms with Gasteiger partial charge in [-0.05, 0) is 50.1 Å². The van der Waals surface area contributed by atoms with E-state index in [0.717, 1.165) is 12.8 Å². The molecule has 3 heterocycles. The molecule has 2 fully saturated rings. The first-order chi connectivity index (χ1) is 15.4.